The molecule has 2 nitrogen and oxygen atoms in total. The molecule has 0 saturated carbocycles. The van der Waals surface area contributed by atoms with Gasteiger partial charge in [0.1, 0.15) is 0 Å². The molecule has 1 aromatic rings. The number of aromatic nitrogens is 1. The van der Waals surface area contributed by atoms with E-state index in [0.717, 1.165) is 16.8 Å². The highest BCUT2D eigenvalue weighted by Crippen LogP contribution is 2.13. The molecule has 0 radical (unpaired) electrons. The van der Waals surface area contributed by atoms with Crippen molar-refractivity contribution in [3.63, 3.8) is 0 Å². The van der Waals surface area contributed by atoms with Gasteiger partial charge in [-0.05, 0) is 28.8 Å². The first-order chi connectivity index (χ1) is 5.83. The molecule has 3 heteroatoms. The molecule has 0 aliphatic heterocycles. The largest absolute Gasteiger partial charge is 0.349 e. The predicted octanol–water partition coefficient (Wildman–Crippen LogP) is 3.56. The summed E-state index contributed by atoms with van der Waals surface area (Å²) in [7, 11) is 0. The van der Waals surface area contributed by atoms with Crippen molar-refractivity contribution >= 4 is 15.9 Å². The summed E-state index contributed by atoms with van der Waals surface area (Å²) in [4.78, 5) is 0. The fourth-order valence-electron chi connectivity index (χ4n) is 1.14. The monoisotopic (exact) mass is 231 g/mol. The van der Waals surface area contributed by atoms with E-state index in [4.69, 9.17) is 4.52 Å². The molecule has 0 N–H and O–H groups in total. The van der Waals surface area contributed by atoms with Crippen LogP contribution in [0.5, 0.6) is 0 Å². The van der Waals surface area contributed by atoms with Gasteiger partial charge in [-0.2, -0.15) is 0 Å². The Morgan fingerprint density at radius 2 is 2.25 bits per heavy atom. The Balaban J connectivity index is 2.15. The van der Waals surface area contributed by atoms with Crippen molar-refractivity contribution in [3.05, 3.63) is 16.4 Å². The van der Waals surface area contributed by atoms with E-state index < -0.39 is 0 Å². The molecular formula is C9H14BrNO. The van der Waals surface area contributed by atoms with Crippen LogP contribution in [0.4, 0.5) is 0 Å². The summed E-state index contributed by atoms with van der Waals surface area (Å²) in [5, 5.41) is 3.89. The maximum atomic E-state index is 4.89. The number of unbranched alkanes of at least 4 members (excludes halogenated alkanes) is 3. The van der Waals surface area contributed by atoms with E-state index in [9.17, 15) is 0 Å². The molecule has 68 valence electrons. The summed E-state index contributed by atoms with van der Waals surface area (Å²) in [5.74, 6) is 0. The van der Waals surface area contributed by atoms with Gasteiger partial charge >= 0.3 is 0 Å². The molecule has 0 saturated heterocycles. The van der Waals surface area contributed by atoms with Gasteiger partial charge in [0.15, 0.2) is 0 Å². The van der Waals surface area contributed by atoms with Crippen molar-refractivity contribution < 1.29 is 4.52 Å². The smallest absolute Gasteiger partial charge is 0.202 e. The Morgan fingerprint density at radius 1 is 1.42 bits per heavy atom. The Kier molecular flexibility index (Phi) is 4.36. The van der Waals surface area contributed by atoms with E-state index >= 15 is 0 Å². The molecule has 0 aliphatic rings. The zero-order valence-electron chi connectivity index (χ0n) is 7.35. The zero-order valence-corrected chi connectivity index (χ0v) is 8.93. The maximum Gasteiger partial charge on any atom is 0.202 e. The van der Waals surface area contributed by atoms with Gasteiger partial charge in [-0.15, -0.1) is 0 Å². The number of rotatable bonds is 5. The highest BCUT2D eigenvalue weighted by molar-refractivity contribution is 9.10. The van der Waals surface area contributed by atoms with E-state index in [2.05, 4.69) is 28.0 Å². The van der Waals surface area contributed by atoms with Gasteiger partial charge in [0, 0.05) is 6.07 Å². The minimum atomic E-state index is 0.730. The maximum absolute atomic E-state index is 4.89. The van der Waals surface area contributed by atoms with E-state index in [0.29, 0.717) is 0 Å². The van der Waals surface area contributed by atoms with Crippen molar-refractivity contribution in [2.24, 2.45) is 0 Å². The molecular weight excluding hydrogens is 218 g/mol. The summed E-state index contributed by atoms with van der Waals surface area (Å²) in [5.41, 5.74) is 1.05. The van der Waals surface area contributed by atoms with Crippen molar-refractivity contribution in [2.75, 3.05) is 0 Å². The minimum absolute atomic E-state index is 0.730. The van der Waals surface area contributed by atoms with E-state index in [1.54, 1.807) is 0 Å². The van der Waals surface area contributed by atoms with Crippen LogP contribution in [0.25, 0.3) is 0 Å². The SMILES string of the molecule is CCCCCCc1cc(Br)on1. The van der Waals surface area contributed by atoms with Gasteiger partial charge < -0.3 is 4.52 Å². The molecule has 1 heterocycles. The van der Waals surface area contributed by atoms with Crippen LogP contribution in [0.2, 0.25) is 0 Å². The van der Waals surface area contributed by atoms with Gasteiger partial charge in [0.25, 0.3) is 0 Å². The average Bonchev–Trinajstić information content (AvgIpc) is 2.45. The second kappa shape index (κ2) is 5.36. The van der Waals surface area contributed by atoms with Gasteiger partial charge in [0.2, 0.25) is 4.67 Å². The highest BCUT2D eigenvalue weighted by atomic mass is 79.9. The molecule has 0 aromatic carbocycles. The van der Waals surface area contributed by atoms with Crippen molar-refractivity contribution in [2.45, 2.75) is 39.0 Å². The number of nitrogens with zero attached hydrogens (tertiary/aromatic N) is 1. The molecule has 0 amide bonds. The lowest BCUT2D eigenvalue weighted by Gasteiger charge is -1.94. The molecule has 12 heavy (non-hydrogen) atoms. The lowest BCUT2D eigenvalue weighted by atomic mass is 10.1. The molecule has 0 atom stereocenters. The van der Waals surface area contributed by atoms with Crippen molar-refractivity contribution in [1.29, 1.82) is 0 Å². The predicted molar refractivity (Wildman–Crippen MR) is 52.0 cm³/mol. The minimum Gasteiger partial charge on any atom is -0.349 e. The third-order valence-corrected chi connectivity index (χ3v) is 2.19. The Morgan fingerprint density at radius 3 is 2.83 bits per heavy atom. The van der Waals surface area contributed by atoms with Crippen molar-refractivity contribution in [1.82, 2.24) is 5.16 Å². The summed E-state index contributed by atoms with van der Waals surface area (Å²) in [6.07, 6.45) is 6.14. The average molecular weight is 232 g/mol. The fourth-order valence-corrected chi connectivity index (χ4v) is 1.47. The molecule has 0 spiro atoms. The van der Waals surface area contributed by atoms with Crippen LogP contribution in [0.15, 0.2) is 15.3 Å². The van der Waals surface area contributed by atoms with Crippen LogP contribution in [-0.2, 0) is 6.42 Å². The summed E-state index contributed by atoms with van der Waals surface area (Å²) < 4.78 is 5.62. The normalized spacial score (nSPS) is 10.5. The first-order valence-electron chi connectivity index (χ1n) is 4.44. The molecule has 0 fully saturated rings. The van der Waals surface area contributed by atoms with Gasteiger partial charge in [-0.1, -0.05) is 31.3 Å². The molecule has 1 aromatic heterocycles. The lowest BCUT2D eigenvalue weighted by molar-refractivity contribution is 0.392. The van der Waals surface area contributed by atoms with Crippen molar-refractivity contribution in [3.8, 4) is 0 Å². The third-order valence-electron chi connectivity index (χ3n) is 1.82. The van der Waals surface area contributed by atoms with Gasteiger partial charge in [-0.25, -0.2) is 0 Å². The summed E-state index contributed by atoms with van der Waals surface area (Å²) in [6, 6.07) is 1.94. The van der Waals surface area contributed by atoms with E-state index in [-0.39, 0.29) is 0 Å². The molecule has 0 bridgehead atoms. The highest BCUT2D eigenvalue weighted by Gasteiger charge is 1.99. The molecule has 0 unspecified atom stereocenters. The Bertz CT molecular complexity index is 222. The Hall–Kier alpha value is -0.310. The number of halogens is 1. The second-order valence-corrected chi connectivity index (χ2v) is 3.71. The molecule has 0 aliphatic carbocycles. The fraction of sp³-hybridized carbons (Fsp3) is 0.667. The van der Waals surface area contributed by atoms with Crippen LogP contribution in [0.3, 0.4) is 0 Å². The zero-order chi connectivity index (χ0) is 8.81. The topological polar surface area (TPSA) is 26.0 Å². The van der Waals surface area contributed by atoms with Crippen LogP contribution in [0.1, 0.15) is 38.3 Å². The van der Waals surface area contributed by atoms with Gasteiger partial charge in [-0.3, -0.25) is 0 Å². The molecule has 1 rings (SSSR count). The van der Waals surface area contributed by atoms with Crippen LogP contribution < -0.4 is 0 Å². The van der Waals surface area contributed by atoms with Crippen LogP contribution in [0, 0.1) is 0 Å². The van der Waals surface area contributed by atoms with Crippen LogP contribution >= 0.6 is 15.9 Å². The lowest BCUT2D eigenvalue weighted by Crippen LogP contribution is -1.84. The number of hydrogen-bond acceptors (Lipinski definition) is 2. The van der Waals surface area contributed by atoms with E-state index in [1.165, 1.54) is 25.7 Å². The quantitative estimate of drug-likeness (QED) is 0.725. The van der Waals surface area contributed by atoms with Gasteiger partial charge in [0.05, 0.1) is 5.69 Å². The standard InChI is InChI=1S/C9H14BrNO/c1-2-3-4-5-6-8-7-9(10)12-11-8/h7H,2-6H2,1H3. The van der Waals surface area contributed by atoms with E-state index in [1.807, 2.05) is 6.07 Å². The number of aryl methyl sites for hydroxylation is 1. The first kappa shape index (κ1) is 9.78. The van der Waals surface area contributed by atoms with Crippen LogP contribution in [-0.4, -0.2) is 5.16 Å². The second-order valence-electron chi connectivity index (χ2n) is 2.93. The third kappa shape index (κ3) is 3.39. The summed E-state index contributed by atoms with van der Waals surface area (Å²) in [6.45, 7) is 2.21. The number of hydrogen-bond donors (Lipinski definition) is 0. The first-order valence-corrected chi connectivity index (χ1v) is 5.23. The summed E-state index contributed by atoms with van der Waals surface area (Å²) >= 11 is 3.23. The Labute approximate surface area is 81.5 Å².